The summed E-state index contributed by atoms with van der Waals surface area (Å²) < 4.78 is 13.7. The summed E-state index contributed by atoms with van der Waals surface area (Å²) in [5.41, 5.74) is 6.24. The second-order valence-electron chi connectivity index (χ2n) is 5.19. The predicted octanol–water partition coefficient (Wildman–Crippen LogP) is 5.54. The van der Waals surface area contributed by atoms with Gasteiger partial charge in [0.2, 0.25) is 0 Å². The van der Waals surface area contributed by atoms with Crippen molar-refractivity contribution in [2.75, 3.05) is 0 Å². The van der Waals surface area contributed by atoms with Crippen LogP contribution in [0.3, 0.4) is 0 Å². The Balaban J connectivity index is 2.47. The fourth-order valence-corrected chi connectivity index (χ4v) is 3.19. The molecule has 0 spiro atoms. The second kappa shape index (κ2) is 5.46. The maximum Gasteiger partial charge on any atom is 0.129 e. The summed E-state index contributed by atoms with van der Waals surface area (Å²) in [6.07, 6.45) is 0. The number of aryl methyl sites for hydroxylation is 4. The number of halogens is 2. The van der Waals surface area contributed by atoms with Gasteiger partial charge in [-0.05, 0) is 55.5 Å². The molecular formula is C17H18BrF. The van der Waals surface area contributed by atoms with E-state index in [1.165, 1.54) is 16.7 Å². The maximum absolute atomic E-state index is 13.7. The van der Waals surface area contributed by atoms with Gasteiger partial charge in [0.05, 0.1) is 4.83 Å². The minimum Gasteiger partial charge on any atom is -0.206 e. The number of rotatable bonds is 2. The molecule has 19 heavy (non-hydrogen) atoms. The Morgan fingerprint density at radius 3 is 2.00 bits per heavy atom. The summed E-state index contributed by atoms with van der Waals surface area (Å²) in [5, 5.41) is 0. The summed E-state index contributed by atoms with van der Waals surface area (Å²) in [6, 6.07) is 10.3. The van der Waals surface area contributed by atoms with E-state index in [9.17, 15) is 4.39 Å². The summed E-state index contributed by atoms with van der Waals surface area (Å²) in [4.78, 5) is 0.103. The van der Waals surface area contributed by atoms with Crippen molar-refractivity contribution >= 4 is 15.9 Å². The molecule has 1 atom stereocenters. The topological polar surface area (TPSA) is 0 Å². The Morgan fingerprint density at radius 2 is 1.47 bits per heavy atom. The first-order chi connectivity index (χ1) is 8.90. The van der Waals surface area contributed by atoms with Gasteiger partial charge >= 0.3 is 0 Å². The zero-order valence-electron chi connectivity index (χ0n) is 11.7. The van der Waals surface area contributed by atoms with Crippen LogP contribution in [0.4, 0.5) is 4.39 Å². The van der Waals surface area contributed by atoms with Crippen LogP contribution in [0, 0.1) is 33.5 Å². The van der Waals surface area contributed by atoms with E-state index in [0.717, 1.165) is 5.56 Å². The van der Waals surface area contributed by atoms with Gasteiger partial charge in [0, 0.05) is 0 Å². The lowest BCUT2D eigenvalue weighted by Crippen LogP contribution is -1.99. The second-order valence-corrected chi connectivity index (χ2v) is 6.11. The van der Waals surface area contributed by atoms with E-state index in [2.05, 4.69) is 48.0 Å². The predicted molar refractivity (Wildman–Crippen MR) is 82.6 cm³/mol. The van der Waals surface area contributed by atoms with Crippen LogP contribution in [0.5, 0.6) is 0 Å². The molecule has 2 aromatic rings. The molecule has 0 aliphatic carbocycles. The van der Waals surface area contributed by atoms with Gasteiger partial charge in [-0.1, -0.05) is 51.8 Å². The quantitative estimate of drug-likeness (QED) is 0.637. The molecule has 2 aromatic carbocycles. The third-order valence-electron chi connectivity index (χ3n) is 3.45. The highest BCUT2D eigenvalue weighted by molar-refractivity contribution is 9.09. The third kappa shape index (κ3) is 2.89. The zero-order valence-corrected chi connectivity index (χ0v) is 13.3. The molecule has 0 aliphatic heterocycles. The van der Waals surface area contributed by atoms with Gasteiger partial charge in [-0.25, -0.2) is 4.39 Å². The van der Waals surface area contributed by atoms with Crippen molar-refractivity contribution in [3.8, 4) is 0 Å². The van der Waals surface area contributed by atoms with E-state index in [1.807, 2.05) is 26.0 Å². The Hall–Kier alpha value is -1.15. The van der Waals surface area contributed by atoms with Gasteiger partial charge in [-0.3, -0.25) is 0 Å². The van der Waals surface area contributed by atoms with Crippen LogP contribution in [-0.4, -0.2) is 0 Å². The molecule has 0 radical (unpaired) electrons. The molecule has 100 valence electrons. The fraction of sp³-hybridized carbons (Fsp3) is 0.294. The van der Waals surface area contributed by atoms with E-state index in [-0.39, 0.29) is 10.6 Å². The van der Waals surface area contributed by atoms with Crippen molar-refractivity contribution in [3.05, 3.63) is 69.5 Å². The van der Waals surface area contributed by atoms with Gasteiger partial charge in [0.1, 0.15) is 5.82 Å². The fourth-order valence-electron chi connectivity index (χ4n) is 2.42. The molecule has 2 heteroatoms. The van der Waals surface area contributed by atoms with Crippen LogP contribution in [-0.2, 0) is 0 Å². The number of alkyl halides is 1. The number of hydrogen-bond acceptors (Lipinski definition) is 0. The van der Waals surface area contributed by atoms with Gasteiger partial charge in [-0.2, -0.15) is 0 Å². The van der Waals surface area contributed by atoms with Gasteiger partial charge < -0.3 is 0 Å². The minimum absolute atomic E-state index is 0.103. The van der Waals surface area contributed by atoms with Crippen molar-refractivity contribution in [1.82, 2.24) is 0 Å². The van der Waals surface area contributed by atoms with Crippen LogP contribution in [0.15, 0.2) is 30.3 Å². The number of benzene rings is 2. The van der Waals surface area contributed by atoms with Crippen molar-refractivity contribution < 1.29 is 4.39 Å². The SMILES string of the molecule is Cc1ccc(C(Br)c2cc(C)c(F)c(C)c2)c(C)c1. The Morgan fingerprint density at radius 1 is 0.895 bits per heavy atom. The molecule has 0 saturated carbocycles. The summed E-state index contributed by atoms with van der Waals surface area (Å²) in [6.45, 7) is 7.83. The zero-order chi connectivity index (χ0) is 14.2. The normalized spacial score (nSPS) is 12.5. The summed E-state index contributed by atoms with van der Waals surface area (Å²) in [7, 11) is 0. The molecule has 2 rings (SSSR count). The van der Waals surface area contributed by atoms with Crippen molar-refractivity contribution in [2.24, 2.45) is 0 Å². The monoisotopic (exact) mass is 320 g/mol. The molecule has 0 N–H and O–H groups in total. The average molecular weight is 321 g/mol. The molecule has 0 nitrogen and oxygen atoms in total. The number of hydrogen-bond donors (Lipinski definition) is 0. The molecule has 0 bridgehead atoms. The minimum atomic E-state index is -0.107. The maximum atomic E-state index is 13.7. The molecule has 0 aliphatic rings. The van der Waals surface area contributed by atoms with Crippen molar-refractivity contribution in [1.29, 1.82) is 0 Å². The Kier molecular flexibility index (Phi) is 4.10. The van der Waals surface area contributed by atoms with E-state index < -0.39 is 0 Å². The van der Waals surface area contributed by atoms with E-state index >= 15 is 0 Å². The van der Waals surface area contributed by atoms with Crippen LogP contribution < -0.4 is 0 Å². The molecule has 0 heterocycles. The smallest absolute Gasteiger partial charge is 0.129 e. The first kappa shape index (κ1) is 14.3. The van der Waals surface area contributed by atoms with Crippen molar-refractivity contribution in [3.63, 3.8) is 0 Å². The molecular weight excluding hydrogens is 303 g/mol. The first-order valence-electron chi connectivity index (χ1n) is 6.38. The molecule has 0 amide bonds. The lowest BCUT2D eigenvalue weighted by Gasteiger charge is -2.16. The Labute approximate surface area is 122 Å². The van der Waals surface area contributed by atoms with Crippen molar-refractivity contribution in [2.45, 2.75) is 32.5 Å². The van der Waals surface area contributed by atoms with E-state index in [1.54, 1.807) is 0 Å². The van der Waals surface area contributed by atoms with E-state index in [4.69, 9.17) is 0 Å². The molecule has 1 unspecified atom stereocenters. The standard InChI is InChI=1S/C17H18BrF/c1-10-5-6-15(11(2)7-10)16(18)14-8-12(3)17(19)13(4)9-14/h5-9,16H,1-4H3. The lowest BCUT2D eigenvalue weighted by atomic mass is 9.96. The highest BCUT2D eigenvalue weighted by atomic mass is 79.9. The van der Waals surface area contributed by atoms with Gasteiger partial charge in [-0.15, -0.1) is 0 Å². The van der Waals surface area contributed by atoms with Crippen LogP contribution in [0.2, 0.25) is 0 Å². The average Bonchev–Trinajstić information content (AvgIpc) is 2.34. The summed E-state index contributed by atoms with van der Waals surface area (Å²) in [5.74, 6) is -0.107. The first-order valence-corrected chi connectivity index (χ1v) is 7.29. The summed E-state index contributed by atoms with van der Waals surface area (Å²) >= 11 is 3.74. The third-order valence-corrected chi connectivity index (χ3v) is 4.47. The molecule has 0 fully saturated rings. The lowest BCUT2D eigenvalue weighted by molar-refractivity contribution is 0.608. The van der Waals surface area contributed by atoms with E-state index in [0.29, 0.717) is 11.1 Å². The molecule has 0 aromatic heterocycles. The highest BCUT2D eigenvalue weighted by Gasteiger charge is 2.15. The molecule has 0 saturated heterocycles. The van der Waals surface area contributed by atoms with Crippen LogP contribution >= 0.6 is 15.9 Å². The van der Waals surface area contributed by atoms with Gasteiger partial charge in [0.25, 0.3) is 0 Å². The highest BCUT2D eigenvalue weighted by Crippen LogP contribution is 2.34. The van der Waals surface area contributed by atoms with Crippen LogP contribution in [0.25, 0.3) is 0 Å². The Bertz CT molecular complexity index is 594. The van der Waals surface area contributed by atoms with Gasteiger partial charge in [0.15, 0.2) is 0 Å². The largest absolute Gasteiger partial charge is 0.206 e. The van der Waals surface area contributed by atoms with Crippen LogP contribution in [0.1, 0.15) is 38.2 Å².